The Bertz CT molecular complexity index is 1090. The molecule has 0 aliphatic carbocycles. The first-order chi connectivity index (χ1) is 12.8. The zero-order chi connectivity index (χ0) is 21.4. The van der Waals surface area contributed by atoms with Gasteiger partial charge in [0, 0.05) is 19.7 Å². The molecule has 6 nitrogen and oxygen atoms in total. The normalized spacial score (nSPS) is 11.4. The Morgan fingerprint density at radius 3 is 2.39 bits per heavy atom. The number of hydrogen-bond donors (Lipinski definition) is 1. The maximum Gasteiger partial charge on any atom is 0.431 e. The highest BCUT2D eigenvalue weighted by atomic mass is 35.5. The standard InChI is InChI=1S/C17H14ClF4N3O3/c1-8(2)7-23-15(27)9-4-12(11(19)5-10(9)18)25-14(26)6-13(17(20,21)22)24(3)16(25)28/h4-6H,1,7H2,2-3H3,(H,23,27). The first-order valence-corrected chi connectivity index (χ1v) is 8.04. The molecule has 1 heterocycles. The topological polar surface area (TPSA) is 73.1 Å². The van der Waals surface area contributed by atoms with E-state index in [2.05, 4.69) is 11.9 Å². The number of rotatable bonds is 4. The molecular weight excluding hydrogens is 406 g/mol. The Balaban J connectivity index is 2.70. The fourth-order valence-corrected chi connectivity index (χ4v) is 2.56. The highest BCUT2D eigenvalue weighted by Gasteiger charge is 2.35. The molecule has 0 spiro atoms. The van der Waals surface area contributed by atoms with Gasteiger partial charge in [-0.15, -0.1) is 0 Å². The largest absolute Gasteiger partial charge is 0.431 e. The van der Waals surface area contributed by atoms with Crippen molar-refractivity contribution in [3.8, 4) is 5.69 Å². The molecular formula is C17H14ClF4N3O3. The number of amides is 1. The fraction of sp³-hybridized carbons (Fsp3) is 0.235. The van der Waals surface area contributed by atoms with E-state index in [1.807, 2.05) is 0 Å². The number of halogens is 5. The minimum absolute atomic E-state index is 0.0872. The van der Waals surface area contributed by atoms with Crippen LogP contribution in [0.25, 0.3) is 5.69 Å². The molecule has 1 amide bonds. The Morgan fingerprint density at radius 2 is 1.86 bits per heavy atom. The monoisotopic (exact) mass is 419 g/mol. The Labute approximate surface area is 160 Å². The predicted octanol–water partition coefficient (Wildman–Crippen LogP) is 2.65. The lowest BCUT2D eigenvalue weighted by Crippen LogP contribution is -2.41. The summed E-state index contributed by atoms with van der Waals surface area (Å²) >= 11 is 5.85. The number of nitrogens with one attached hydrogen (secondary N) is 1. The van der Waals surface area contributed by atoms with Crippen molar-refractivity contribution in [2.45, 2.75) is 13.1 Å². The van der Waals surface area contributed by atoms with Crippen LogP contribution in [0.15, 0.2) is 39.9 Å². The summed E-state index contributed by atoms with van der Waals surface area (Å²) in [6.45, 7) is 5.32. The van der Waals surface area contributed by atoms with Crippen molar-refractivity contribution < 1.29 is 22.4 Å². The average Bonchev–Trinajstić information content (AvgIpc) is 2.56. The molecule has 150 valence electrons. The molecule has 1 N–H and O–H groups in total. The molecule has 2 aromatic rings. The van der Waals surface area contributed by atoms with Gasteiger partial charge in [0.05, 0.1) is 16.3 Å². The third kappa shape index (κ3) is 4.16. The van der Waals surface area contributed by atoms with Gasteiger partial charge in [-0.3, -0.25) is 14.2 Å². The summed E-state index contributed by atoms with van der Waals surface area (Å²) in [5, 5.41) is 2.13. The molecule has 1 aromatic carbocycles. The van der Waals surface area contributed by atoms with Crippen LogP contribution in [0.2, 0.25) is 5.02 Å². The van der Waals surface area contributed by atoms with Crippen LogP contribution in [0.5, 0.6) is 0 Å². The number of benzene rings is 1. The van der Waals surface area contributed by atoms with Gasteiger partial charge in [-0.2, -0.15) is 13.2 Å². The van der Waals surface area contributed by atoms with E-state index in [4.69, 9.17) is 11.6 Å². The molecule has 0 unspecified atom stereocenters. The quantitative estimate of drug-likeness (QED) is 0.611. The predicted molar refractivity (Wildman–Crippen MR) is 94.4 cm³/mol. The van der Waals surface area contributed by atoms with Crippen molar-refractivity contribution in [2.75, 3.05) is 6.54 Å². The van der Waals surface area contributed by atoms with Crippen LogP contribution in [0.4, 0.5) is 17.6 Å². The molecule has 0 fully saturated rings. The number of hydrogen-bond acceptors (Lipinski definition) is 3. The van der Waals surface area contributed by atoms with Crippen LogP contribution in [-0.2, 0) is 13.2 Å². The minimum Gasteiger partial charge on any atom is -0.348 e. The van der Waals surface area contributed by atoms with Crippen LogP contribution in [-0.4, -0.2) is 21.6 Å². The molecule has 0 saturated heterocycles. The summed E-state index contributed by atoms with van der Waals surface area (Å²) in [5.41, 5.74) is -4.70. The SMILES string of the molecule is C=C(C)CNC(=O)c1cc(-n2c(=O)cc(C(F)(F)F)n(C)c2=O)c(F)cc1Cl. The summed E-state index contributed by atoms with van der Waals surface area (Å²) in [6.07, 6.45) is -4.96. The lowest BCUT2D eigenvalue weighted by atomic mass is 10.1. The summed E-state index contributed by atoms with van der Waals surface area (Å²) in [4.78, 5) is 36.6. The summed E-state index contributed by atoms with van der Waals surface area (Å²) < 4.78 is 53.5. The molecule has 0 radical (unpaired) electrons. The van der Waals surface area contributed by atoms with Gasteiger partial charge < -0.3 is 5.32 Å². The minimum atomic E-state index is -4.96. The molecule has 1 aromatic heterocycles. The van der Waals surface area contributed by atoms with E-state index in [-0.39, 0.29) is 32.3 Å². The van der Waals surface area contributed by atoms with E-state index in [1.54, 1.807) is 6.92 Å². The van der Waals surface area contributed by atoms with Gasteiger partial charge in [-0.05, 0) is 19.1 Å². The fourth-order valence-electron chi connectivity index (χ4n) is 2.33. The third-order valence-electron chi connectivity index (χ3n) is 3.68. The second kappa shape index (κ2) is 7.63. The zero-order valence-electron chi connectivity index (χ0n) is 14.7. The molecule has 0 bridgehead atoms. The Kier molecular flexibility index (Phi) is 5.83. The van der Waals surface area contributed by atoms with Gasteiger partial charge in [0.1, 0.15) is 11.5 Å². The number of carbonyl (C=O) groups excluding carboxylic acids is 1. The summed E-state index contributed by atoms with van der Waals surface area (Å²) in [5.74, 6) is -1.91. The van der Waals surface area contributed by atoms with Gasteiger partial charge in [-0.25, -0.2) is 13.8 Å². The molecule has 11 heteroatoms. The second-order valence-electron chi connectivity index (χ2n) is 5.97. The van der Waals surface area contributed by atoms with Crippen LogP contribution >= 0.6 is 11.6 Å². The smallest absolute Gasteiger partial charge is 0.348 e. The Morgan fingerprint density at radius 1 is 1.25 bits per heavy atom. The van der Waals surface area contributed by atoms with Crippen molar-refractivity contribution in [1.29, 1.82) is 0 Å². The van der Waals surface area contributed by atoms with Crippen molar-refractivity contribution in [3.63, 3.8) is 0 Å². The van der Waals surface area contributed by atoms with Gasteiger partial charge in [0.15, 0.2) is 0 Å². The van der Waals surface area contributed by atoms with E-state index in [1.165, 1.54) is 0 Å². The van der Waals surface area contributed by atoms with Crippen LogP contribution in [0.1, 0.15) is 23.0 Å². The second-order valence-corrected chi connectivity index (χ2v) is 6.37. The van der Waals surface area contributed by atoms with Gasteiger partial charge in [0.2, 0.25) is 0 Å². The first-order valence-electron chi connectivity index (χ1n) is 7.67. The number of aromatic nitrogens is 2. The van der Waals surface area contributed by atoms with E-state index in [9.17, 15) is 31.9 Å². The van der Waals surface area contributed by atoms with E-state index < -0.39 is 40.5 Å². The zero-order valence-corrected chi connectivity index (χ0v) is 15.4. The lowest BCUT2D eigenvalue weighted by Gasteiger charge is -2.15. The molecule has 28 heavy (non-hydrogen) atoms. The number of alkyl halides is 3. The number of nitrogens with zero attached hydrogens (tertiary/aromatic N) is 2. The summed E-state index contributed by atoms with van der Waals surface area (Å²) in [7, 11) is 0.787. The van der Waals surface area contributed by atoms with Gasteiger partial charge in [-0.1, -0.05) is 23.8 Å². The first kappa shape index (κ1) is 21.4. The van der Waals surface area contributed by atoms with E-state index in [0.717, 1.165) is 13.1 Å². The molecule has 0 aliphatic heterocycles. The number of carbonyl (C=O) groups is 1. The molecule has 2 rings (SSSR count). The van der Waals surface area contributed by atoms with Crippen molar-refractivity contribution in [1.82, 2.24) is 14.5 Å². The van der Waals surface area contributed by atoms with Crippen molar-refractivity contribution in [3.05, 3.63) is 73.3 Å². The summed E-state index contributed by atoms with van der Waals surface area (Å²) in [6, 6.07) is 1.67. The average molecular weight is 420 g/mol. The van der Waals surface area contributed by atoms with Gasteiger partial charge >= 0.3 is 11.9 Å². The molecule has 0 atom stereocenters. The van der Waals surface area contributed by atoms with Crippen molar-refractivity contribution in [2.24, 2.45) is 7.05 Å². The van der Waals surface area contributed by atoms with Crippen LogP contribution in [0, 0.1) is 5.82 Å². The van der Waals surface area contributed by atoms with Crippen LogP contribution < -0.4 is 16.6 Å². The molecule has 0 saturated carbocycles. The van der Waals surface area contributed by atoms with Crippen molar-refractivity contribution >= 4 is 17.5 Å². The third-order valence-corrected chi connectivity index (χ3v) is 4.00. The molecule has 0 aliphatic rings. The van der Waals surface area contributed by atoms with E-state index in [0.29, 0.717) is 11.6 Å². The maximum atomic E-state index is 14.4. The Hall–Kier alpha value is -2.88. The van der Waals surface area contributed by atoms with E-state index >= 15 is 0 Å². The highest BCUT2D eigenvalue weighted by molar-refractivity contribution is 6.34. The lowest BCUT2D eigenvalue weighted by molar-refractivity contribution is -0.144. The van der Waals surface area contributed by atoms with Crippen LogP contribution in [0.3, 0.4) is 0 Å². The van der Waals surface area contributed by atoms with Gasteiger partial charge in [0.25, 0.3) is 11.5 Å². The maximum absolute atomic E-state index is 14.4. The highest BCUT2D eigenvalue weighted by Crippen LogP contribution is 2.27.